The van der Waals surface area contributed by atoms with Gasteiger partial charge in [0.2, 0.25) is 11.9 Å². The van der Waals surface area contributed by atoms with Crippen LogP contribution in [0.1, 0.15) is 24.0 Å². The van der Waals surface area contributed by atoms with Crippen LogP contribution in [0.2, 0.25) is 0 Å². The molecule has 30 heavy (non-hydrogen) atoms. The summed E-state index contributed by atoms with van der Waals surface area (Å²) in [5.41, 5.74) is -3.60. The summed E-state index contributed by atoms with van der Waals surface area (Å²) in [7, 11) is 0. The molecule has 3 fully saturated rings. The number of nitrogens with one attached hydrogen (secondary N) is 1. The Labute approximate surface area is 166 Å². The molecule has 5 atom stereocenters. The minimum atomic E-state index is -4.71. The average Bonchev–Trinajstić information content (AvgIpc) is 3.16. The molecule has 158 valence electrons. The molecule has 1 aliphatic carbocycles. The number of hydrogen-bond acceptors (Lipinski definition) is 4. The zero-order chi connectivity index (χ0) is 21.5. The molecule has 2 aromatic rings. The van der Waals surface area contributed by atoms with Gasteiger partial charge >= 0.3 is 6.18 Å². The first-order chi connectivity index (χ1) is 14.1. The highest BCUT2D eigenvalue weighted by Crippen LogP contribution is 2.77. The number of amides is 1. The van der Waals surface area contributed by atoms with Crippen LogP contribution in [0.4, 0.5) is 27.6 Å². The Morgan fingerprint density at radius 1 is 1.23 bits per heavy atom. The topological polar surface area (TPSA) is 71.5 Å². The van der Waals surface area contributed by atoms with Crippen LogP contribution in [0.3, 0.4) is 0 Å². The van der Waals surface area contributed by atoms with Crippen molar-refractivity contribution in [2.24, 2.45) is 5.41 Å². The molecule has 2 bridgehead atoms. The molecule has 0 radical (unpaired) electrons. The third-order valence-corrected chi connectivity index (χ3v) is 6.57. The third kappa shape index (κ3) is 2.40. The van der Waals surface area contributed by atoms with E-state index >= 15 is 0 Å². The molecule has 1 aromatic heterocycles. The quantitative estimate of drug-likeness (QED) is 0.584. The number of ether oxygens (including phenoxy) is 1. The lowest BCUT2D eigenvalue weighted by atomic mass is 9.74. The first-order valence-electron chi connectivity index (χ1n) is 9.23. The van der Waals surface area contributed by atoms with Crippen molar-refractivity contribution >= 4 is 11.6 Å². The van der Waals surface area contributed by atoms with Gasteiger partial charge in [-0.25, -0.2) is 9.37 Å². The van der Waals surface area contributed by atoms with Gasteiger partial charge in [-0.1, -0.05) is 0 Å². The summed E-state index contributed by atoms with van der Waals surface area (Å²) in [6.45, 7) is 0. The maximum atomic E-state index is 14.2. The number of carbonyl (C=O) groups excluding carboxylic acids is 1. The van der Waals surface area contributed by atoms with Crippen LogP contribution in [0.15, 0.2) is 36.5 Å². The molecule has 2 saturated heterocycles. The second-order valence-electron chi connectivity index (χ2n) is 7.98. The highest BCUT2D eigenvalue weighted by molar-refractivity contribution is 6.01. The lowest BCUT2D eigenvalue weighted by Crippen LogP contribution is -2.44. The summed E-state index contributed by atoms with van der Waals surface area (Å²) in [6.07, 6.45) is -5.50. The number of hydrogen-bond donors (Lipinski definition) is 2. The number of carbonyl (C=O) groups is 1. The maximum absolute atomic E-state index is 14.2. The first-order valence-corrected chi connectivity index (χ1v) is 9.23. The smallest absolute Gasteiger partial charge is 0.390 e. The lowest BCUT2D eigenvalue weighted by Gasteiger charge is -2.29. The number of fused-ring (bicyclic) bond motifs is 5. The molecular formula is C20H15F5N2O3. The molecule has 3 heterocycles. The fourth-order valence-corrected chi connectivity index (χ4v) is 5.24. The van der Waals surface area contributed by atoms with Gasteiger partial charge in [-0.2, -0.15) is 17.6 Å². The highest BCUT2D eigenvalue weighted by atomic mass is 19.4. The van der Waals surface area contributed by atoms with Crippen LogP contribution in [-0.2, 0) is 21.1 Å². The van der Waals surface area contributed by atoms with E-state index < -0.39 is 64.2 Å². The molecule has 0 unspecified atom stereocenters. The highest BCUT2D eigenvalue weighted by Gasteiger charge is 2.87. The van der Waals surface area contributed by atoms with Gasteiger partial charge in [0.05, 0.1) is 35.0 Å². The molecule has 1 saturated carbocycles. The predicted octanol–water partition coefficient (Wildman–Crippen LogP) is 3.18. The number of aromatic nitrogens is 1. The van der Waals surface area contributed by atoms with E-state index in [0.29, 0.717) is 23.8 Å². The number of aliphatic hydroxyl groups is 1. The number of halogens is 5. The number of benzene rings is 1. The Kier molecular flexibility index (Phi) is 3.86. The molecule has 1 amide bonds. The summed E-state index contributed by atoms with van der Waals surface area (Å²) < 4.78 is 72.6. The van der Waals surface area contributed by atoms with Crippen molar-refractivity contribution in [1.82, 2.24) is 4.98 Å². The molecule has 3 aliphatic rings. The summed E-state index contributed by atoms with van der Waals surface area (Å²) in [6, 6.07) is 4.41. The number of aliphatic hydroxyl groups excluding tert-OH is 1. The van der Waals surface area contributed by atoms with Crippen LogP contribution in [0.25, 0.3) is 0 Å². The maximum Gasteiger partial charge on any atom is 0.416 e. The minimum absolute atomic E-state index is 0.151. The van der Waals surface area contributed by atoms with Gasteiger partial charge < -0.3 is 15.2 Å². The SMILES string of the molecule is O=C(Nc1cc(C(F)(F)F)ccc1F)[C@]12C[C@@]1(c1ccnc(F)c1)[C@H]1O[C@@H]2C[C@@H]1O. The Hall–Kier alpha value is -2.59. The summed E-state index contributed by atoms with van der Waals surface area (Å²) in [5, 5.41) is 12.6. The molecule has 5 rings (SSSR count). The zero-order valence-electron chi connectivity index (χ0n) is 15.2. The second-order valence-corrected chi connectivity index (χ2v) is 7.98. The molecule has 5 nitrogen and oxygen atoms in total. The Morgan fingerprint density at radius 2 is 2.00 bits per heavy atom. The van der Waals surface area contributed by atoms with Crippen LogP contribution in [0.5, 0.6) is 0 Å². The number of pyridine rings is 1. The molecule has 0 spiro atoms. The Balaban J connectivity index is 1.52. The Bertz CT molecular complexity index is 1060. The lowest BCUT2D eigenvalue weighted by molar-refractivity contribution is -0.137. The van der Waals surface area contributed by atoms with Gasteiger partial charge in [-0.3, -0.25) is 4.79 Å². The van der Waals surface area contributed by atoms with E-state index in [4.69, 9.17) is 4.74 Å². The van der Waals surface area contributed by atoms with E-state index in [1.165, 1.54) is 12.3 Å². The van der Waals surface area contributed by atoms with Crippen LogP contribution in [0, 0.1) is 17.2 Å². The first kappa shape index (κ1) is 19.4. The summed E-state index contributed by atoms with van der Waals surface area (Å²) in [5.74, 6) is -2.51. The Morgan fingerprint density at radius 3 is 2.70 bits per heavy atom. The van der Waals surface area contributed by atoms with Crippen LogP contribution in [-0.4, -0.2) is 34.3 Å². The summed E-state index contributed by atoms with van der Waals surface area (Å²) in [4.78, 5) is 16.7. The second kappa shape index (κ2) is 5.98. The van der Waals surface area contributed by atoms with Crippen molar-refractivity contribution in [1.29, 1.82) is 0 Å². The van der Waals surface area contributed by atoms with Crippen molar-refractivity contribution in [3.8, 4) is 0 Å². The van der Waals surface area contributed by atoms with Crippen molar-refractivity contribution in [3.05, 3.63) is 59.4 Å². The molecule has 2 aliphatic heterocycles. The molecular weight excluding hydrogens is 411 g/mol. The molecule has 2 N–H and O–H groups in total. The van der Waals surface area contributed by atoms with Gasteiger partial charge in [0.25, 0.3) is 0 Å². The largest absolute Gasteiger partial charge is 0.416 e. The van der Waals surface area contributed by atoms with Gasteiger partial charge in [0.1, 0.15) is 5.82 Å². The molecule has 1 aromatic carbocycles. The van der Waals surface area contributed by atoms with Gasteiger partial charge in [-0.05, 0) is 42.3 Å². The van der Waals surface area contributed by atoms with Crippen molar-refractivity contribution < 1.29 is 36.6 Å². The van der Waals surface area contributed by atoms with Crippen LogP contribution < -0.4 is 5.32 Å². The number of alkyl halides is 3. The number of anilines is 1. The number of rotatable bonds is 3. The van der Waals surface area contributed by atoms with E-state index in [2.05, 4.69) is 10.3 Å². The van der Waals surface area contributed by atoms with E-state index in [1.54, 1.807) is 0 Å². The van der Waals surface area contributed by atoms with E-state index in [0.717, 1.165) is 6.07 Å². The number of nitrogens with zero attached hydrogens (tertiary/aromatic N) is 1. The molecule has 10 heteroatoms. The van der Waals surface area contributed by atoms with E-state index in [9.17, 15) is 31.9 Å². The van der Waals surface area contributed by atoms with Crippen molar-refractivity contribution in [2.75, 3.05) is 5.32 Å². The zero-order valence-corrected chi connectivity index (χ0v) is 15.2. The van der Waals surface area contributed by atoms with E-state index in [1.807, 2.05) is 0 Å². The van der Waals surface area contributed by atoms with Gasteiger partial charge in [0.15, 0.2) is 0 Å². The normalized spacial score (nSPS) is 34.0. The monoisotopic (exact) mass is 426 g/mol. The fourth-order valence-electron chi connectivity index (χ4n) is 5.24. The van der Waals surface area contributed by atoms with Gasteiger partial charge in [0, 0.05) is 18.0 Å². The average molecular weight is 426 g/mol. The third-order valence-electron chi connectivity index (χ3n) is 6.57. The minimum Gasteiger partial charge on any atom is -0.390 e. The van der Waals surface area contributed by atoms with Crippen LogP contribution >= 0.6 is 0 Å². The summed E-state index contributed by atoms with van der Waals surface area (Å²) >= 11 is 0. The van der Waals surface area contributed by atoms with Gasteiger partial charge in [-0.15, -0.1) is 0 Å². The van der Waals surface area contributed by atoms with Crippen molar-refractivity contribution in [3.63, 3.8) is 0 Å². The predicted molar refractivity (Wildman–Crippen MR) is 92.2 cm³/mol. The van der Waals surface area contributed by atoms with Crippen molar-refractivity contribution in [2.45, 2.75) is 42.7 Å². The standard InChI is InChI=1S/C20H15F5N2O3/c21-11-2-1-10(20(23,24)25)5-12(11)27-17(29)19-8-18(19,9-3-4-26-15(22)6-9)16-13(28)7-14(19)30-16/h1-6,13-14,16,28H,7-8H2,(H,27,29)/t13-,14+,16-,18+,19+/m0/s1. The fraction of sp³-hybridized carbons (Fsp3) is 0.400. The van der Waals surface area contributed by atoms with E-state index in [-0.39, 0.29) is 12.8 Å².